The van der Waals surface area contributed by atoms with Crippen molar-refractivity contribution in [3.63, 3.8) is 0 Å². The lowest BCUT2D eigenvalue weighted by Crippen LogP contribution is -2.26. The third-order valence-corrected chi connectivity index (χ3v) is 24.9. The molecular formula is C92H97Cl2N11O2S2. The van der Waals surface area contributed by atoms with E-state index in [0.29, 0.717) is 4.90 Å². The molecule has 4 aliphatic rings. The van der Waals surface area contributed by atoms with Crippen LogP contribution in [0.3, 0.4) is 0 Å². The normalized spacial score (nSPS) is 15.6. The van der Waals surface area contributed by atoms with Gasteiger partial charge in [0, 0.05) is 193 Å². The molecule has 558 valence electrons. The highest BCUT2D eigenvalue weighted by Crippen LogP contribution is 2.39. The average Bonchev–Trinajstić information content (AvgIpc) is 1.62. The van der Waals surface area contributed by atoms with Gasteiger partial charge in [0.2, 0.25) is 0 Å². The number of hydrogen-bond donors (Lipinski definition) is 1. The van der Waals surface area contributed by atoms with Gasteiger partial charge in [-0.3, -0.25) is 0 Å². The minimum Gasteiger partial charge on any atom is -0.351 e. The maximum absolute atomic E-state index is 11.7. The number of fused-ring (bicyclic) bond motifs is 14. The Labute approximate surface area is 655 Å². The van der Waals surface area contributed by atoms with Gasteiger partial charge in [0.15, 0.2) is 9.84 Å². The molecule has 6 aromatic heterocycles. The van der Waals surface area contributed by atoms with Crippen molar-refractivity contribution in [2.45, 2.75) is 103 Å². The number of allylic oxidation sites excluding steroid dienone is 4. The molecule has 0 saturated heterocycles. The molecule has 0 unspecified atom stereocenters. The highest BCUT2D eigenvalue weighted by atomic mass is 35.5. The van der Waals surface area contributed by atoms with Crippen LogP contribution in [0.25, 0.3) is 113 Å². The van der Waals surface area contributed by atoms with Gasteiger partial charge in [0.1, 0.15) is 0 Å². The maximum Gasteiger partial charge on any atom is 0.175 e. The maximum atomic E-state index is 11.7. The quantitative estimate of drug-likeness (QED) is 0.135. The summed E-state index contributed by atoms with van der Waals surface area (Å²) >= 11 is 14.3. The van der Waals surface area contributed by atoms with Gasteiger partial charge in [-0.2, -0.15) is 0 Å². The van der Waals surface area contributed by atoms with Gasteiger partial charge < -0.3 is 47.4 Å². The molecule has 0 radical (unpaired) electrons. The molecule has 17 heteroatoms. The number of imidazole rings is 1. The third-order valence-electron chi connectivity index (χ3n) is 22.5. The number of hydrogen-bond acceptors (Lipinski definition) is 8. The predicted molar refractivity (Wildman–Crippen MR) is 464 cm³/mol. The minimum absolute atomic E-state index is 0.338. The second kappa shape index (κ2) is 31.2. The summed E-state index contributed by atoms with van der Waals surface area (Å²) in [6.45, 7) is 21.3. The molecular weight excluding hydrogens is 1430 g/mol. The molecule has 13 nitrogen and oxygen atoms in total. The van der Waals surface area contributed by atoms with Crippen LogP contribution >= 0.6 is 35.0 Å². The van der Waals surface area contributed by atoms with E-state index in [1.54, 1.807) is 30.2 Å². The zero-order chi connectivity index (χ0) is 76.3. The minimum atomic E-state index is -3.19. The summed E-state index contributed by atoms with van der Waals surface area (Å²) in [4.78, 5) is 18.7. The SMILES string of the molecule is C/C(=C\n1c2c(c3cc(C)ccc31)CN(C)CC2)c1ccc2c(ccn2C)c1.C/C(=C\n1c2c(c3cc(C)ccc31)CN(C)CC2)c1ccc2nc[nH]c2c1.C/C(=C\n1c2c(c3cc(Cl)ccc31)CN(C)CC2)c1ccc(S(C)(=O)=O)cc1.CSc1ccc(/C(C)=C/n2c3c(c4cc(Cl)ccc42)CN(C)CC3)cc1. The van der Waals surface area contributed by atoms with E-state index in [4.69, 9.17) is 23.2 Å². The van der Waals surface area contributed by atoms with Crippen LogP contribution in [0.1, 0.15) is 106 Å². The van der Waals surface area contributed by atoms with Crippen molar-refractivity contribution in [1.82, 2.24) is 52.4 Å². The topological polar surface area (TPSA) is 100 Å². The van der Waals surface area contributed by atoms with Gasteiger partial charge in [-0.15, -0.1) is 11.8 Å². The highest BCUT2D eigenvalue weighted by molar-refractivity contribution is 7.98. The first-order valence-electron chi connectivity index (χ1n) is 37.7. The lowest BCUT2D eigenvalue weighted by atomic mass is 10.0. The number of halogens is 2. The van der Waals surface area contributed by atoms with Gasteiger partial charge >= 0.3 is 0 Å². The van der Waals surface area contributed by atoms with E-state index in [0.717, 1.165) is 116 Å². The van der Waals surface area contributed by atoms with Crippen molar-refractivity contribution in [3.8, 4) is 0 Å². The first kappa shape index (κ1) is 75.0. The Balaban J connectivity index is 0.000000116. The fourth-order valence-corrected chi connectivity index (χ4v) is 17.9. The van der Waals surface area contributed by atoms with E-state index < -0.39 is 9.84 Å². The fourth-order valence-electron chi connectivity index (χ4n) is 16.5. The summed E-state index contributed by atoms with van der Waals surface area (Å²) in [5, 5.41) is 8.13. The highest BCUT2D eigenvalue weighted by Gasteiger charge is 2.27. The number of likely N-dealkylation sites (N-methyl/N-ethyl adjacent to an activating group) is 4. The van der Waals surface area contributed by atoms with Crippen LogP contribution < -0.4 is 0 Å². The van der Waals surface area contributed by atoms with Crippen molar-refractivity contribution in [3.05, 3.63) is 265 Å². The number of rotatable bonds is 10. The predicted octanol–water partition coefficient (Wildman–Crippen LogP) is 21.0. The summed E-state index contributed by atoms with van der Waals surface area (Å²) in [5.74, 6) is 0. The van der Waals surface area contributed by atoms with Gasteiger partial charge in [0.25, 0.3) is 0 Å². The van der Waals surface area contributed by atoms with E-state index in [-0.39, 0.29) is 0 Å². The van der Waals surface area contributed by atoms with Crippen molar-refractivity contribution >= 4 is 157 Å². The molecule has 109 heavy (non-hydrogen) atoms. The molecule has 0 bridgehead atoms. The van der Waals surface area contributed by atoms with Gasteiger partial charge in [-0.25, -0.2) is 13.4 Å². The lowest BCUT2D eigenvalue weighted by Gasteiger charge is -2.23. The van der Waals surface area contributed by atoms with E-state index >= 15 is 0 Å². The Morgan fingerprint density at radius 1 is 0.440 bits per heavy atom. The number of sulfone groups is 1. The Hall–Kier alpha value is -9.39. The van der Waals surface area contributed by atoms with Crippen LogP contribution in [0.4, 0.5) is 0 Å². The molecule has 0 aliphatic carbocycles. The van der Waals surface area contributed by atoms with Crippen LogP contribution in [0, 0.1) is 13.8 Å². The number of aryl methyl sites for hydroxylation is 3. The fraction of sp³-hybridized carbons (Fsp3) is 0.272. The molecule has 0 saturated carbocycles. The number of nitrogens with zero attached hydrogens (tertiary/aromatic N) is 10. The smallest absolute Gasteiger partial charge is 0.175 e. The molecule has 0 amide bonds. The molecule has 4 aliphatic heterocycles. The zero-order valence-electron chi connectivity index (χ0n) is 64.9. The van der Waals surface area contributed by atoms with E-state index in [9.17, 15) is 8.42 Å². The number of H-pyrrole nitrogens is 1. The monoisotopic (exact) mass is 1520 g/mol. The summed E-state index contributed by atoms with van der Waals surface area (Å²) < 4.78 is 35.1. The van der Waals surface area contributed by atoms with E-state index in [1.165, 1.54) is 150 Å². The van der Waals surface area contributed by atoms with Crippen molar-refractivity contribution < 1.29 is 8.42 Å². The van der Waals surface area contributed by atoms with Gasteiger partial charge in [-0.05, 0) is 258 Å². The van der Waals surface area contributed by atoms with Crippen molar-refractivity contribution in [1.29, 1.82) is 0 Å². The third kappa shape index (κ3) is 15.5. The summed E-state index contributed by atoms with van der Waals surface area (Å²) in [7, 11) is 7.67. The van der Waals surface area contributed by atoms with Crippen LogP contribution in [-0.4, -0.2) is 128 Å². The average molecular weight is 1520 g/mol. The Morgan fingerprint density at radius 2 is 0.807 bits per heavy atom. The standard InChI is InChI=1S/C25H27N3.C23H24N4.C22H23ClN2O2S.C22H23ClN2S/c1-17-5-7-24-21(13-17)22-16-26(3)11-10-25(22)28(24)15-18(2)19-6-8-23-20(14-19)9-12-27(23)4;1-15-4-7-22-18(10-15)19-13-26(3)9-8-23(19)27(22)12-16(2)17-5-6-20-21(11-17)25-14-24-20;1-15(16-4-7-18(8-5-16)28(3,26)27)13-25-21-9-6-17(23)12-19(21)20-14-24(2)11-10-22(20)25;1-15(16-4-7-18(26-3)8-5-16)13-25-21-9-6-17(23)12-19(21)20-14-24(2)11-10-22(20)25/h5-9,12-15H,10-11,16H2,1-4H3;4-7,10-12,14H,8-9,13H2,1-3H3,(H,24,25);4-9,12-13H,10-11,14H2,1-3H3;4-9,12-13H,10-11,14H2,1-3H3/b18-15+;16-12+;2*15-13+. The molecule has 0 atom stereocenters. The number of benzene rings is 8. The Kier molecular flexibility index (Phi) is 21.5. The number of nitrogens with one attached hydrogen (secondary N) is 1. The van der Waals surface area contributed by atoms with Crippen molar-refractivity contribution in [2.24, 2.45) is 7.05 Å². The molecule has 0 spiro atoms. The second-order valence-electron chi connectivity index (χ2n) is 30.6. The first-order valence-corrected chi connectivity index (χ1v) is 41.6. The summed E-state index contributed by atoms with van der Waals surface area (Å²) in [6.07, 6.45) is 20.5. The molecule has 8 aromatic carbocycles. The lowest BCUT2D eigenvalue weighted by molar-refractivity contribution is 0.312. The van der Waals surface area contributed by atoms with Crippen molar-refractivity contribution in [2.75, 3.05) is 66.9 Å². The number of aromatic amines is 1. The molecule has 1 N–H and O–H groups in total. The largest absolute Gasteiger partial charge is 0.351 e. The van der Waals surface area contributed by atoms with Gasteiger partial charge in [-0.1, -0.05) is 82.9 Å². The zero-order valence-corrected chi connectivity index (χ0v) is 68.0. The molecule has 18 rings (SSSR count). The Bertz CT molecular complexity index is 6090. The Morgan fingerprint density at radius 3 is 1.23 bits per heavy atom. The first-order chi connectivity index (χ1) is 52.4. The molecule has 0 fully saturated rings. The van der Waals surface area contributed by atoms with Crippen LogP contribution in [0.2, 0.25) is 10.0 Å². The van der Waals surface area contributed by atoms with Crippen LogP contribution in [0.15, 0.2) is 186 Å². The van der Waals surface area contributed by atoms with Crippen LogP contribution in [0.5, 0.6) is 0 Å². The summed E-state index contributed by atoms with van der Waals surface area (Å²) in [5.41, 5.74) is 32.1. The number of aromatic nitrogens is 7. The molecule has 14 aromatic rings. The van der Waals surface area contributed by atoms with Gasteiger partial charge in [0.05, 0.1) is 44.3 Å². The van der Waals surface area contributed by atoms with Crippen LogP contribution in [-0.2, 0) is 68.7 Å². The summed E-state index contributed by atoms with van der Waals surface area (Å²) in [6, 6.07) is 57.2. The molecule has 10 heterocycles. The van der Waals surface area contributed by atoms with E-state index in [1.807, 2.05) is 24.3 Å². The second-order valence-corrected chi connectivity index (χ2v) is 34.4. The number of thioether (sulfide) groups is 1. The van der Waals surface area contributed by atoms with E-state index in [2.05, 4.69) is 294 Å².